The summed E-state index contributed by atoms with van der Waals surface area (Å²) in [7, 11) is 0. The highest BCUT2D eigenvalue weighted by molar-refractivity contribution is 14.0. The van der Waals surface area contributed by atoms with Crippen molar-refractivity contribution < 1.29 is 13.9 Å². The first-order valence-electron chi connectivity index (χ1n) is 11.6. The predicted molar refractivity (Wildman–Crippen MR) is 146 cm³/mol. The van der Waals surface area contributed by atoms with Gasteiger partial charge >= 0.3 is 0 Å². The summed E-state index contributed by atoms with van der Waals surface area (Å²) in [6.45, 7) is 6.19. The number of halogens is 1. The Labute approximate surface area is 217 Å². The molecule has 1 amide bonds. The number of guanidine groups is 1. The van der Waals surface area contributed by atoms with Crippen molar-refractivity contribution in [1.29, 1.82) is 0 Å². The molecule has 4 rings (SSSR count). The summed E-state index contributed by atoms with van der Waals surface area (Å²) in [6.07, 6.45) is 3.00. The molecule has 1 aliphatic carbocycles. The molecular weight excluding hydrogens is 543 g/mol. The number of nitrogens with zero attached hydrogens (tertiary/aromatic N) is 1. The molecule has 1 aromatic heterocycles. The smallest absolute Gasteiger partial charge is 0.258 e. The number of amides is 1. The number of aliphatic imine (C=N–C) groups is 1. The van der Waals surface area contributed by atoms with Crippen LogP contribution in [0.3, 0.4) is 0 Å². The molecule has 0 saturated heterocycles. The fourth-order valence-electron chi connectivity index (χ4n) is 3.59. The average molecular weight is 576 g/mol. The first-order chi connectivity index (χ1) is 16.1. The molecule has 0 aliphatic heterocycles. The summed E-state index contributed by atoms with van der Waals surface area (Å²) in [5.74, 6) is 2.29. The average Bonchev–Trinajstić information content (AvgIpc) is 3.58. The Morgan fingerprint density at radius 1 is 1.12 bits per heavy atom. The van der Waals surface area contributed by atoms with E-state index in [1.54, 1.807) is 0 Å². The Morgan fingerprint density at radius 2 is 1.88 bits per heavy atom. The third-order valence-corrected chi connectivity index (χ3v) is 5.61. The van der Waals surface area contributed by atoms with Crippen LogP contribution >= 0.6 is 24.0 Å². The quantitative estimate of drug-likeness (QED) is 0.190. The lowest BCUT2D eigenvalue weighted by atomic mass is 10.1. The van der Waals surface area contributed by atoms with E-state index in [4.69, 9.17) is 14.1 Å². The zero-order chi connectivity index (χ0) is 23.0. The number of ether oxygens (including phenoxy) is 1. The molecule has 0 spiro atoms. The van der Waals surface area contributed by atoms with Crippen molar-refractivity contribution in [3.05, 3.63) is 65.4 Å². The van der Waals surface area contributed by atoms with Crippen LogP contribution in [-0.2, 0) is 17.8 Å². The highest BCUT2D eigenvalue weighted by atomic mass is 127. The summed E-state index contributed by atoms with van der Waals surface area (Å²) in [5.41, 5.74) is 3.22. The molecule has 0 bridgehead atoms. The fraction of sp³-hybridized carbons (Fsp3) is 0.385. The van der Waals surface area contributed by atoms with Gasteiger partial charge in [0, 0.05) is 30.1 Å². The summed E-state index contributed by atoms with van der Waals surface area (Å²) in [6, 6.07) is 16.3. The maximum atomic E-state index is 11.7. The SMILES string of the molecule is CCNC(=NCc1oc2ccccc2c1C)NCCc1ccc(OCC(=O)NC2CC2)cc1.I. The largest absolute Gasteiger partial charge is 0.484 e. The van der Waals surface area contributed by atoms with E-state index < -0.39 is 0 Å². The summed E-state index contributed by atoms with van der Waals surface area (Å²) in [5, 5.41) is 10.7. The van der Waals surface area contributed by atoms with Crippen LogP contribution in [-0.4, -0.2) is 37.6 Å². The summed E-state index contributed by atoms with van der Waals surface area (Å²) in [4.78, 5) is 16.4. The van der Waals surface area contributed by atoms with E-state index in [-0.39, 0.29) is 36.5 Å². The minimum absolute atomic E-state index is 0. The zero-order valence-corrected chi connectivity index (χ0v) is 22.1. The highest BCUT2D eigenvalue weighted by Gasteiger charge is 2.23. The lowest BCUT2D eigenvalue weighted by Crippen LogP contribution is -2.38. The number of furan rings is 1. The molecule has 1 fully saturated rings. The zero-order valence-electron chi connectivity index (χ0n) is 19.7. The molecule has 2 aromatic carbocycles. The Kier molecular flexibility index (Phi) is 9.62. The Balaban J connectivity index is 0.00000324. The van der Waals surface area contributed by atoms with E-state index in [0.29, 0.717) is 18.3 Å². The van der Waals surface area contributed by atoms with Gasteiger partial charge in [0.1, 0.15) is 23.6 Å². The van der Waals surface area contributed by atoms with E-state index in [0.717, 1.165) is 60.6 Å². The molecule has 7 nitrogen and oxygen atoms in total. The highest BCUT2D eigenvalue weighted by Crippen LogP contribution is 2.25. The molecule has 1 saturated carbocycles. The molecule has 1 heterocycles. The lowest BCUT2D eigenvalue weighted by molar-refractivity contribution is -0.123. The van der Waals surface area contributed by atoms with Crippen molar-refractivity contribution >= 4 is 46.8 Å². The van der Waals surface area contributed by atoms with Gasteiger partial charge < -0.3 is 25.1 Å². The van der Waals surface area contributed by atoms with Crippen LogP contribution < -0.4 is 20.7 Å². The predicted octanol–water partition coefficient (Wildman–Crippen LogP) is 4.31. The number of hydrogen-bond donors (Lipinski definition) is 3. The van der Waals surface area contributed by atoms with Crippen molar-refractivity contribution in [3.63, 3.8) is 0 Å². The summed E-state index contributed by atoms with van der Waals surface area (Å²) < 4.78 is 11.5. The van der Waals surface area contributed by atoms with Crippen molar-refractivity contribution in [1.82, 2.24) is 16.0 Å². The third kappa shape index (κ3) is 7.38. The van der Waals surface area contributed by atoms with Crippen LogP contribution in [0.1, 0.15) is 36.7 Å². The molecule has 0 radical (unpaired) electrons. The molecule has 3 aromatic rings. The van der Waals surface area contributed by atoms with Gasteiger partial charge in [0.15, 0.2) is 12.6 Å². The second kappa shape index (κ2) is 12.6. The first-order valence-corrected chi connectivity index (χ1v) is 11.6. The van der Waals surface area contributed by atoms with Gasteiger partial charge in [-0.25, -0.2) is 4.99 Å². The third-order valence-electron chi connectivity index (χ3n) is 5.61. The topological polar surface area (TPSA) is 87.9 Å². The van der Waals surface area contributed by atoms with Gasteiger partial charge in [0.2, 0.25) is 0 Å². The van der Waals surface area contributed by atoms with Crippen LogP contribution in [0.25, 0.3) is 11.0 Å². The number of carbonyl (C=O) groups excluding carboxylic acids is 1. The van der Waals surface area contributed by atoms with Crippen LogP contribution in [0.15, 0.2) is 57.9 Å². The van der Waals surface area contributed by atoms with Gasteiger partial charge in [-0.1, -0.05) is 30.3 Å². The first kappa shape index (κ1) is 25.9. The molecule has 182 valence electrons. The minimum atomic E-state index is -0.0566. The van der Waals surface area contributed by atoms with Crippen molar-refractivity contribution in [2.24, 2.45) is 4.99 Å². The number of aryl methyl sites for hydroxylation is 1. The summed E-state index contributed by atoms with van der Waals surface area (Å²) >= 11 is 0. The molecule has 0 unspecified atom stereocenters. The number of rotatable bonds is 10. The molecular formula is C26H33IN4O3. The molecule has 0 atom stereocenters. The van der Waals surface area contributed by atoms with E-state index in [1.165, 1.54) is 5.56 Å². The van der Waals surface area contributed by atoms with E-state index >= 15 is 0 Å². The second-order valence-corrected chi connectivity index (χ2v) is 8.29. The van der Waals surface area contributed by atoms with Gasteiger partial charge in [-0.2, -0.15) is 0 Å². The molecule has 3 N–H and O–H groups in total. The lowest BCUT2D eigenvalue weighted by Gasteiger charge is -2.11. The molecule has 34 heavy (non-hydrogen) atoms. The van der Waals surface area contributed by atoms with Crippen LogP contribution in [0.4, 0.5) is 0 Å². The number of para-hydroxylation sites is 1. The van der Waals surface area contributed by atoms with E-state index in [2.05, 4.69) is 28.9 Å². The van der Waals surface area contributed by atoms with Crippen LogP contribution in [0.2, 0.25) is 0 Å². The maximum absolute atomic E-state index is 11.7. The van der Waals surface area contributed by atoms with E-state index in [9.17, 15) is 4.79 Å². The maximum Gasteiger partial charge on any atom is 0.258 e. The van der Waals surface area contributed by atoms with Gasteiger partial charge in [-0.3, -0.25) is 4.79 Å². The number of carbonyl (C=O) groups is 1. The molecule has 8 heteroatoms. The van der Waals surface area contributed by atoms with Gasteiger partial charge in [0.05, 0.1) is 0 Å². The number of nitrogens with one attached hydrogen (secondary N) is 3. The Hall–Kier alpha value is -2.75. The minimum Gasteiger partial charge on any atom is -0.484 e. The van der Waals surface area contributed by atoms with E-state index in [1.807, 2.05) is 49.4 Å². The Bertz CT molecular complexity index is 1110. The Morgan fingerprint density at radius 3 is 2.59 bits per heavy atom. The second-order valence-electron chi connectivity index (χ2n) is 8.29. The number of benzene rings is 2. The standard InChI is InChI=1S/C26H32N4O3.HI/c1-3-27-26(29-16-24-18(2)22-6-4-5-7-23(22)33-24)28-15-14-19-8-12-21(13-9-19)32-17-25(31)30-20-10-11-20;/h4-9,12-13,20H,3,10-11,14-17H2,1-2H3,(H,30,31)(H2,27,28,29);1H. The van der Waals surface area contributed by atoms with Gasteiger partial charge in [-0.05, 0) is 56.9 Å². The number of fused-ring (bicyclic) bond motifs is 1. The van der Waals surface area contributed by atoms with Crippen molar-refractivity contribution in [2.75, 3.05) is 19.7 Å². The monoisotopic (exact) mass is 576 g/mol. The van der Waals surface area contributed by atoms with Crippen molar-refractivity contribution in [3.8, 4) is 5.75 Å². The van der Waals surface area contributed by atoms with Crippen LogP contribution in [0, 0.1) is 6.92 Å². The fourth-order valence-corrected chi connectivity index (χ4v) is 3.59. The van der Waals surface area contributed by atoms with Gasteiger partial charge in [-0.15, -0.1) is 24.0 Å². The van der Waals surface area contributed by atoms with Gasteiger partial charge in [0.25, 0.3) is 5.91 Å². The van der Waals surface area contributed by atoms with Crippen LogP contribution in [0.5, 0.6) is 5.75 Å². The van der Waals surface area contributed by atoms with Crippen molar-refractivity contribution in [2.45, 2.75) is 45.7 Å². The normalized spacial score (nSPS) is 13.3. The number of hydrogen-bond acceptors (Lipinski definition) is 4. The molecule has 1 aliphatic rings.